The second kappa shape index (κ2) is 11.2. The zero-order valence-corrected chi connectivity index (χ0v) is 18.8. The number of halogens is 5. The van der Waals surface area contributed by atoms with Gasteiger partial charge in [-0.05, 0) is 24.6 Å². The number of benzene rings is 1. The van der Waals surface area contributed by atoms with Crippen molar-refractivity contribution in [1.82, 2.24) is 30.5 Å². The second-order valence-corrected chi connectivity index (χ2v) is 8.13. The van der Waals surface area contributed by atoms with E-state index in [1.54, 1.807) is 0 Å². The molecule has 3 rings (SSSR count). The molecular formula is C19H18F5N7O3S. The van der Waals surface area contributed by atoms with Gasteiger partial charge in [0.25, 0.3) is 5.91 Å². The van der Waals surface area contributed by atoms with E-state index in [1.165, 1.54) is 17.9 Å². The van der Waals surface area contributed by atoms with Crippen LogP contribution in [-0.2, 0) is 24.2 Å². The Hall–Kier alpha value is -3.69. The average molecular weight is 519 g/mol. The molecule has 0 fully saturated rings. The zero-order chi connectivity index (χ0) is 25.6. The lowest BCUT2D eigenvalue weighted by Crippen LogP contribution is -2.18. The van der Waals surface area contributed by atoms with Crippen LogP contribution in [0.2, 0.25) is 0 Å². The number of hydrogen-bond donors (Lipinski definition) is 2. The van der Waals surface area contributed by atoms with Crippen LogP contribution in [0, 0.1) is 5.82 Å². The molecule has 0 radical (unpaired) electrons. The number of nitrogens with zero attached hydrogens (tertiary/aromatic N) is 5. The molecule has 0 aliphatic heterocycles. The van der Waals surface area contributed by atoms with Crippen molar-refractivity contribution >= 4 is 28.3 Å². The summed E-state index contributed by atoms with van der Waals surface area (Å²) in [6, 6.07) is 2.34. The Morgan fingerprint density at radius 2 is 2.00 bits per heavy atom. The minimum atomic E-state index is -4.96. The van der Waals surface area contributed by atoms with Crippen molar-refractivity contribution < 1.29 is 36.3 Å². The summed E-state index contributed by atoms with van der Waals surface area (Å²) in [6.07, 6.45) is -5.30. The lowest BCUT2D eigenvalue weighted by Gasteiger charge is -2.10. The maximum Gasteiger partial charge on any atom is 0.573 e. The van der Waals surface area contributed by atoms with Gasteiger partial charge in [-0.1, -0.05) is 16.6 Å². The van der Waals surface area contributed by atoms with Crippen LogP contribution in [0.25, 0.3) is 0 Å². The van der Waals surface area contributed by atoms with Crippen molar-refractivity contribution in [3.63, 3.8) is 0 Å². The summed E-state index contributed by atoms with van der Waals surface area (Å²) in [7, 11) is 1.43. The molecule has 0 saturated heterocycles. The summed E-state index contributed by atoms with van der Waals surface area (Å²) in [5.41, 5.74) is -0.245. The fourth-order valence-electron chi connectivity index (χ4n) is 2.82. The number of carbonyl (C=O) groups is 2. The van der Waals surface area contributed by atoms with Gasteiger partial charge in [0, 0.05) is 19.0 Å². The Morgan fingerprint density at radius 3 is 2.71 bits per heavy atom. The quantitative estimate of drug-likeness (QED) is 0.395. The number of carbonyl (C=O) groups excluding carboxylic acids is 2. The highest BCUT2D eigenvalue weighted by Gasteiger charge is 2.31. The summed E-state index contributed by atoms with van der Waals surface area (Å²) >= 11 is 0.971. The predicted octanol–water partition coefficient (Wildman–Crippen LogP) is 2.68. The van der Waals surface area contributed by atoms with E-state index in [0.717, 1.165) is 29.5 Å². The molecule has 0 spiro atoms. The molecule has 3 aromatic rings. The highest BCUT2D eigenvalue weighted by molar-refractivity contribution is 7.15. The van der Waals surface area contributed by atoms with Crippen molar-refractivity contribution in [3.05, 3.63) is 46.5 Å². The van der Waals surface area contributed by atoms with Gasteiger partial charge in [-0.25, -0.2) is 13.5 Å². The first-order valence-electron chi connectivity index (χ1n) is 9.95. The third-order valence-electron chi connectivity index (χ3n) is 4.37. The molecule has 1 aromatic carbocycles. The van der Waals surface area contributed by atoms with Crippen molar-refractivity contribution in [2.75, 3.05) is 12.4 Å². The molecule has 10 nitrogen and oxygen atoms in total. The predicted molar refractivity (Wildman–Crippen MR) is 112 cm³/mol. The van der Waals surface area contributed by atoms with E-state index in [2.05, 4.69) is 35.9 Å². The van der Waals surface area contributed by atoms with Crippen LogP contribution in [0.5, 0.6) is 5.75 Å². The summed E-state index contributed by atoms with van der Waals surface area (Å²) in [5, 5.41) is 20.2. The molecular weight excluding hydrogens is 501 g/mol. The Balaban J connectivity index is 1.49. The first kappa shape index (κ1) is 25.9. The van der Waals surface area contributed by atoms with Gasteiger partial charge in [-0.15, -0.1) is 28.5 Å². The average Bonchev–Trinajstić information content (AvgIpc) is 3.42. The number of nitrogens with one attached hydrogen (secondary N) is 2. The van der Waals surface area contributed by atoms with Crippen LogP contribution >= 0.6 is 11.3 Å². The van der Waals surface area contributed by atoms with E-state index in [4.69, 9.17) is 0 Å². The molecule has 2 amide bonds. The Labute approximate surface area is 198 Å². The zero-order valence-electron chi connectivity index (χ0n) is 18.0. The minimum absolute atomic E-state index is 0.0506. The van der Waals surface area contributed by atoms with Crippen LogP contribution in [0.3, 0.4) is 0 Å². The number of aryl methyl sites for hydroxylation is 1. The number of amides is 2. The Bertz CT molecular complexity index is 1180. The summed E-state index contributed by atoms with van der Waals surface area (Å²) < 4.78 is 70.1. The van der Waals surface area contributed by atoms with Gasteiger partial charge in [-0.2, -0.15) is 0 Å². The molecule has 2 aromatic heterocycles. The molecule has 16 heteroatoms. The van der Waals surface area contributed by atoms with Crippen LogP contribution in [-0.4, -0.2) is 56.6 Å². The monoisotopic (exact) mass is 519 g/mol. The highest BCUT2D eigenvalue weighted by atomic mass is 32.1. The normalized spacial score (nSPS) is 12.3. The highest BCUT2D eigenvalue weighted by Crippen LogP contribution is 2.25. The van der Waals surface area contributed by atoms with Crippen LogP contribution in [0.1, 0.15) is 27.5 Å². The van der Waals surface area contributed by atoms with Crippen molar-refractivity contribution in [3.8, 4) is 5.75 Å². The Kier molecular flexibility index (Phi) is 8.26. The standard InChI is InChI=1S/C19H18F5N7O3S/c1-25-17(33)14-9-31(30-27-14)8-11(20)2-5-16-28-29-18(35-16)26-15(32)7-10-6-12(3-4-13(10)21)34-19(22,23)24/h3-4,6,9,11H,2,5,7-8H2,1H3,(H,25,33)(H,26,29,32). The van der Waals surface area contributed by atoms with Crippen LogP contribution in [0.15, 0.2) is 24.4 Å². The van der Waals surface area contributed by atoms with E-state index < -0.39 is 42.3 Å². The molecule has 0 aliphatic rings. The molecule has 1 atom stereocenters. The van der Waals surface area contributed by atoms with Crippen molar-refractivity contribution in [2.24, 2.45) is 0 Å². The van der Waals surface area contributed by atoms with Crippen molar-refractivity contribution in [2.45, 2.75) is 38.3 Å². The number of rotatable bonds is 10. The molecule has 2 heterocycles. The smallest absolute Gasteiger partial charge is 0.406 e. The van der Waals surface area contributed by atoms with E-state index in [9.17, 15) is 31.5 Å². The first-order chi connectivity index (χ1) is 16.5. The lowest BCUT2D eigenvalue weighted by atomic mass is 10.1. The first-order valence-corrected chi connectivity index (χ1v) is 10.8. The maximum atomic E-state index is 14.3. The number of ether oxygens (including phenoxy) is 1. The van der Waals surface area contributed by atoms with Gasteiger partial charge >= 0.3 is 6.36 Å². The lowest BCUT2D eigenvalue weighted by molar-refractivity contribution is -0.274. The molecule has 0 bridgehead atoms. The number of aromatic nitrogens is 5. The van der Waals surface area contributed by atoms with Gasteiger partial charge in [0.05, 0.1) is 19.2 Å². The SMILES string of the molecule is CNC(=O)c1cn(CC(F)CCc2nnc(NC(=O)Cc3cc(OC(F)(F)F)ccc3F)s2)nn1. The minimum Gasteiger partial charge on any atom is -0.406 e. The molecule has 2 N–H and O–H groups in total. The summed E-state index contributed by atoms with van der Waals surface area (Å²) in [5.74, 6) is -2.72. The Morgan fingerprint density at radius 1 is 1.23 bits per heavy atom. The van der Waals surface area contributed by atoms with E-state index >= 15 is 0 Å². The van der Waals surface area contributed by atoms with Gasteiger partial charge in [0.15, 0.2) is 5.69 Å². The third kappa shape index (κ3) is 7.94. The molecule has 188 valence electrons. The van der Waals surface area contributed by atoms with E-state index in [1.807, 2.05) is 0 Å². The maximum absolute atomic E-state index is 14.3. The number of hydrogen-bond acceptors (Lipinski definition) is 8. The van der Waals surface area contributed by atoms with Crippen LogP contribution < -0.4 is 15.4 Å². The van der Waals surface area contributed by atoms with Crippen molar-refractivity contribution in [1.29, 1.82) is 0 Å². The second-order valence-electron chi connectivity index (χ2n) is 7.07. The van der Waals surface area contributed by atoms with Gasteiger partial charge in [0.1, 0.15) is 22.7 Å². The largest absolute Gasteiger partial charge is 0.573 e. The van der Waals surface area contributed by atoms with E-state index in [0.29, 0.717) is 5.01 Å². The van der Waals surface area contributed by atoms with Crippen LogP contribution in [0.4, 0.5) is 27.1 Å². The fraction of sp³-hybridized carbons (Fsp3) is 0.368. The van der Waals surface area contributed by atoms with E-state index in [-0.39, 0.29) is 35.8 Å². The molecule has 35 heavy (non-hydrogen) atoms. The number of anilines is 1. The molecule has 1 unspecified atom stereocenters. The molecule has 0 saturated carbocycles. The van der Waals surface area contributed by atoms with Gasteiger partial charge < -0.3 is 15.4 Å². The van der Waals surface area contributed by atoms with Gasteiger partial charge in [0.2, 0.25) is 11.0 Å². The topological polar surface area (TPSA) is 124 Å². The van der Waals surface area contributed by atoms with Gasteiger partial charge in [-0.3, -0.25) is 9.59 Å². The summed E-state index contributed by atoms with van der Waals surface area (Å²) in [6.45, 7) is -0.130. The molecule has 0 aliphatic carbocycles. The third-order valence-corrected chi connectivity index (χ3v) is 5.27. The fourth-order valence-corrected chi connectivity index (χ4v) is 3.59. The summed E-state index contributed by atoms with van der Waals surface area (Å²) in [4.78, 5) is 23.6. The number of alkyl halides is 4.